The number of alkyl halides is 3. The fourth-order valence-corrected chi connectivity index (χ4v) is 5.40. The third-order valence-electron chi connectivity index (χ3n) is 6.38. The molecule has 5 rings (SSSR count). The third-order valence-corrected chi connectivity index (χ3v) is 7.64. The monoisotopic (exact) mass is 556 g/mol. The molecular formula is C26H23F3N6O3S. The van der Waals surface area contributed by atoms with Gasteiger partial charge in [0.25, 0.3) is 11.9 Å². The number of anilines is 1. The predicted molar refractivity (Wildman–Crippen MR) is 140 cm³/mol. The molecule has 0 spiro atoms. The number of methoxy groups -OCH3 is 1. The maximum absolute atomic E-state index is 13.4. The van der Waals surface area contributed by atoms with Crippen LogP contribution in [0, 0.1) is 10.8 Å². The van der Waals surface area contributed by atoms with Gasteiger partial charge >= 0.3 is 6.18 Å². The molecule has 4 N–H and O–H groups in total. The lowest BCUT2D eigenvalue weighted by Crippen LogP contribution is -2.43. The van der Waals surface area contributed by atoms with E-state index >= 15 is 0 Å². The first-order valence-corrected chi connectivity index (χ1v) is 12.7. The van der Waals surface area contributed by atoms with Crippen molar-refractivity contribution in [3.63, 3.8) is 0 Å². The van der Waals surface area contributed by atoms with Gasteiger partial charge < -0.3 is 20.1 Å². The molecule has 3 aromatic rings. The van der Waals surface area contributed by atoms with E-state index in [1.807, 2.05) is 30.3 Å². The number of benzene rings is 2. The Morgan fingerprint density at radius 1 is 1.10 bits per heavy atom. The van der Waals surface area contributed by atoms with Crippen LogP contribution in [0.5, 0.6) is 0 Å². The highest BCUT2D eigenvalue weighted by Crippen LogP contribution is 2.45. The molecule has 1 amide bonds. The van der Waals surface area contributed by atoms with Crippen molar-refractivity contribution in [2.45, 2.75) is 37.2 Å². The van der Waals surface area contributed by atoms with E-state index in [1.165, 1.54) is 7.11 Å². The highest BCUT2D eigenvalue weighted by atomic mass is 32.1. The van der Waals surface area contributed by atoms with Gasteiger partial charge in [0.05, 0.1) is 17.5 Å². The molecule has 0 bridgehead atoms. The van der Waals surface area contributed by atoms with E-state index in [-0.39, 0.29) is 22.6 Å². The Morgan fingerprint density at radius 2 is 1.79 bits per heavy atom. The number of fused-ring (bicyclic) bond motifs is 1. The molecule has 39 heavy (non-hydrogen) atoms. The Balaban J connectivity index is 1.37. The topological polar surface area (TPSA) is 133 Å². The van der Waals surface area contributed by atoms with E-state index in [0.29, 0.717) is 41.1 Å². The summed E-state index contributed by atoms with van der Waals surface area (Å²) in [6.45, 7) is 0. The summed E-state index contributed by atoms with van der Waals surface area (Å²) in [5, 5.41) is 20.7. The van der Waals surface area contributed by atoms with Crippen LogP contribution in [0.4, 0.5) is 18.9 Å². The van der Waals surface area contributed by atoms with Gasteiger partial charge in [0.1, 0.15) is 5.69 Å². The summed E-state index contributed by atoms with van der Waals surface area (Å²) in [5.41, 5.74) is 2.12. The molecule has 2 aromatic carbocycles. The molecule has 9 nitrogen and oxygen atoms in total. The van der Waals surface area contributed by atoms with Crippen molar-refractivity contribution in [3.05, 3.63) is 81.3 Å². The summed E-state index contributed by atoms with van der Waals surface area (Å²) in [6, 6.07) is 15.5. The summed E-state index contributed by atoms with van der Waals surface area (Å²) >= 11 is 0.459. The van der Waals surface area contributed by atoms with Gasteiger partial charge in [-0.3, -0.25) is 15.6 Å². The van der Waals surface area contributed by atoms with Gasteiger partial charge in [-0.25, -0.2) is 9.98 Å². The molecule has 1 atom stereocenters. The highest BCUT2D eigenvalue weighted by Gasteiger charge is 2.41. The minimum absolute atomic E-state index is 0.0797. The van der Waals surface area contributed by atoms with Crippen LogP contribution in [0.15, 0.2) is 59.6 Å². The number of aliphatic imine (C=N–C) groups is 1. The first-order chi connectivity index (χ1) is 18.6. The number of carbonyl (C=O) groups excluding carboxylic acids is 1. The van der Waals surface area contributed by atoms with E-state index in [9.17, 15) is 18.0 Å². The minimum Gasteiger partial charge on any atom is -0.405 e. The molecule has 13 heteroatoms. The number of halogens is 3. The van der Waals surface area contributed by atoms with Crippen LogP contribution in [0.2, 0.25) is 0 Å². The second-order valence-electron chi connectivity index (χ2n) is 8.94. The van der Waals surface area contributed by atoms with Crippen LogP contribution < -0.4 is 10.6 Å². The average Bonchev–Trinajstić information content (AvgIpc) is 3.27. The zero-order chi connectivity index (χ0) is 27.7. The fourth-order valence-electron chi connectivity index (χ4n) is 4.35. The Kier molecular flexibility index (Phi) is 7.19. The number of thiazole rings is 1. The van der Waals surface area contributed by atoms with Crippen LogP contribution >= 0.6 is 11.3 Å². The zero-order valence-corrected chi connectivity index (χ0v) is 21.3. The number of aromatic nitrogens is 1. The van der Waals surface area contributed by atoms with E-state index in [0.717, 1.165) is 5.56 Å². The molecule has 2 aliphatic rings. The summed E-state index contributed by atoms with van der Waals surface area (Å²) in [7, 11) is 1.53. The lowest BCUT2D eigenvalue weighted by molar-refractivity contribution is -0.137. The minimum atomic E-state index is -4.69. The molecule has 0 unspecified atom stereocenters. The Labute approximate surface area is 225 Å². The number of nitrogens with zero attached hydrogens (tertiary/aromatic N) is 2. The van der Waals surface area contributed by atoms with Crippen LogP contribution in [0.3, 0.4) is 0 Å². The molecule has 0 saturated heterocycles. The number of benzodiazepines with no additional fused rings is 1. The van der Waals surface area contributed by atoms with Crippen molar-refractivity contribution in [2.24, 2.45) is 4.99 Å². The number of amides is 1. The highest BCUT2D eigenvalue weighted by molar-refractivity contribution is 7.12. The number of nitrogens with one attached hydrogen (secondary N) is 4. The first kappa shape index (κ1) is 26.5. The van der Waals surface area contributed by atoms with Crippen LogP contribution in [-0.4, -0.2) is 47.9 Å². The van der Waals surface area contributed by atoms with Gasteiger partial charge in [0.2, 0.25) is 12.1 Å². The number of hydrogen-bond acceptors (Lipinski definition) is 8. The van der Waals surface area contributed by atoms with Crippen molar-refractivity contribution in [1.82, 2.24) is 10.3 Å². The SMILES string of the molecule is COC1CC(c2sc(C(F)(F)F)nc2C(=N)OC(=N)N[C@H]2N=C(c3ccccc3)c3ccccc3NC2=O)C1. The second-order valence-corrected chi connectivity index (χ2v) is 9.97. The summed E-state index contributed by atoms with van der Waals surface area (Å²) < 4.78 is 50.7. The lowest BCUT2D eigenvalue weighted by atomic mass is 9.80. The molecule has 1 aliphatic heterocycles. The van der Waals surface area contributed by atoms with Gasteiger partial charge in [0, 0.05) is 29.0 Å². The number of carbonyl (C=O) groups is 1. The van der Waals surface area contributed by atoms with Gasteiger partial charge in [-0.2, -0.15) is 13.2 Å². The van der Waals surface area contributed by atoms with Gasteiger partial charge in [0.15, 0.2) is 5.01 Å². The van der Waals surface area contributed by atoms with Crippen LogP contribution in [0.25, 0.3) is 0 Å². The normalized spacial score (nSPS) is 20.6. The smallest absolute Gasteiger partial charge is 0.405 e. The van der Waals surface area contributed by atoms with Crippen molar-refractivity contribution in [2.75, 3.05) is 12.4 Å². The number of para-hydroxylation sites is 1. The number of hydrogen-bond donors (Lipinski definition) is 4. The molecule has 1 aliphatic carbocycles. The molecule has 1 saturated carbocycles. The third kappa shape index (κ3) is 5.54. The van der Waals surface area contributed by atoms with Crippen molar-refractivity contribution in [3.8, 4) is 0 Å². The standard InChI is InChI=1S/C26H23F3N6O3S/c1-37-15-11-14(12-15)20-19(34-24(39-20)26(27,28)29)21(30)38-25(31)35-22-23(36)32-17-10-6-5-9-16(17)18(33-22)13-7-3-2-4-8-13/h2-10,14-15,22,30H,11-12H2,1H3,(H2,31,35)(H,32,36)/t14?,15?,22-/m1/s1. The maximum Gasteiger partial charge on any atom is 0.443 e. The maximum atomic E-state index is 13.4. The van der Waals surface area contributed by atoms with Crippen molar-refractivity contribution in [1.29, 1.82) is 10.8 Å². The first-order valence-electron chi connectivity index (χ1n) is 11.9. The number of rotatable bonds is 5. The van der Waals surface area contributed by atoms with Gasteiger partial charge in [-0.15, -0.1) is 11.3 Å². The average molecular weight is 557 g/mol. The Hall–Kier alpha value is -4.10. The molecule has 1 aromatic heterocycles. The summed E-state index contributed by atoms with van der Waals surface area (Å²) in [6.07, 6.45) is -5.10. The molecule has 2 heterocycles. The largest absolute Gasteiger partial charge is 0.443 e. The van der Waals surface area contributed by atoms with E-state index in [1.54, 1.807) is 24.3 Å². The number of amidine groups is 1. The summed E-state index contributed by atoms with van der Waals surface area (Å²) in [4.78, 5) is 21.4. The second kappa shape index (κ2) is 10.6. The van der Waals surface area contributed by atoms with Crippen molar-refractivity contribution >= 4 is 40.6 Å². The van der Waals surface area contributed by atoms with Crippen LogP contribution in [0.1, 0.15) is 45.5 Å². The van der Waals surface area contributed by atoms with E-state index in [4.69, 9.17) is 20.3 Å². The van der Waals surface area contributed by atoms with Crippen LogP contribution in [-0.2, 0) is 20.4 Å². The summed E-state index contributed by atoms with van der Waals surface area (Å²) in [5.74, 6) is -1.59. The molecule has 202 valence electrons. The lowest BCUT2D eigenvalue weighted by Gasteiger charge is -2.33. The molecular weight excluding hydrogens is 533 g/mol. The van der Waals surface area contributed by atoms with Crippen molar-refractivity contribution < 1.29 is 27.4 Å². The van der Waals surface area contributed by atoms with E-state index < -0.39 is 35.2 Å². The predicted octanol–water partition coefficient (Wildman–Crippen LogP) is 4.74. The van der Waals surface area contributed by atoms with Gasteiger partial charge in [-0.1, -0.05) is 48.5 Å². The number of ether oxygens (including phenoxy) is 2. The molecule has 0 radical (unpaired) electrons. The zero-order valence-electron chi connectivity index (χ0n) is 20.5. The van der Waals surface area contributed by atoms with Gasteiger partial charge in [-0.05, 0) is 18.9 Å². The Morgan fingerprint density at radius 3 is 2.49 bits per heavy atom. The Bertz CT molecular complexity index is 1450. The van der Waals surface area contributed by atoms with E-state index in [2.05, 4.69) is 20.6 Å². The molecule has 1 fully saturated rings. The quantitative estimate of drug-likeness (QED) is 0.266. The fraction of sp³-hybridized carbons (Fsp3) is 0.269.